The Balaban J connectivity index is 1.79. The van der Waals surface area contributed by atoms with Crippen molar-refractivity contribution in [2.75, 3.05) is 0 Å². The molecular weight excluding hydrogens is 336 g/mol. The van der Waals surface area contributed by atoms with Crippen LogP contribution in [0.2, 0.25) is 0 Å². The number of hydrogen-bond acceptors (Lipinski definition) is 4. The molecule has 3 rings (SSSR count). The van der Waals surface area contributed by atoms with Crippen molar-refractivity contribution < 1.29 is 4.74 Å². The van der Waals surface area contributed by atoms with Crippen LogP contribution >= 0.6 is 27.3 Å². The van der Waals surface area contributed by atoms with Crippen molar-refractivity contribution in [3.05, 3.63) is 52.8 Å². The van der Waals surface area contributed by atoms with Gasteiger partial charge in [-0.2, -0.15) is 0 Å². The lowest BCUT2D eigenvalue weighted by Crippen LogP contribution is -1.99. The molecule has 0 spiro atoms. The maximum Gasteiger partial charge on any atom is 0.142 e. The molecule has 0 saturated heterocycles. The van der Waals surface area contributed by atoms with Crippen LogP contribution in [0.4, 0.5) is 0 Å². The molecule has 20 heavy (non-hydrogen) atoms. The largest absolute Gasteiger partial charge is 0.484 e. The number of hydrogen-bond donors (Lipinski definition) is 0. The number of aryl methyl sites for hydroxylation is 1. The number of para-hydroxylation sites is 1. The van der Waals surface area contributed by atoms with Crippen molar-refractivity contribution >= 4 is 37.5 Å². The molecule has 0 saturated carbocycles. The van der Waals surface area contributed by atoms with Crippen molar-refractivity contribution in [1.29, 1.82) is 0 Å². The number of aromatic nitrogens is 2. The van der Waals surface area contributed by atoms with Crippen LogP contribution < -0.4 is 4.74 Å². The second kappa shape index (κ2) is 5.89. The van der Waals surface area contributed by atoms with E-state index in [2.05, 4.69) is 32.0 Å². The second-order valence-electron chi connectivity index (χ2n) is 4.40. The molecule has 0 radical (unpaired) electrons. The van der Waals surface area contributed by atoms with Gasteiger partial charge in [0, 0.05) is 11.0 Å². The molecule has 0 atom stereocenters. The molecule has 5 heteroatoms. The highest BCUT2D eigenvalue weighted by atomic mass is 79.9. The highest BCUT2D eigenvalue weighted by Gasteiger charge is 2.07. The molecule has 102 valence electrons. The molecule has 0 aliphatic carbocycles. The van der Waals surface area contributed by atoms with Gasteiger partial charge in [0.25, 0.3) is 0 Å². The summed E-state index contributed by atoms with van der Waals surface area (Å²) in [6.45, 7) is 2.45. The van der Waals surface area contributed by atoms with E-state index in [1.54, 1.807) is 11.3 Å². The van der Waals surface area contributed by atoms with Gasteiger partial charge in [-0.15, -0.1) is 11.3 Å². The average Bonchev–Trinajstić information content (AvgIpc) is 2.88. The summed E-state index contributed by atoms with van der Waals surface area (Å²) in [5.74, 6) is 0.812. The summed E-state index contributed by atoms with van der Waals surface area (Å²) >= 11 is 5.11. The van der Waals surface area contributed by atoms with Crippen LogP contribution in [0.1, 0.15) is 16.4 Å². The van der Waals surface area contributed by atoms with Crippen LogP contribution in [0.5, 0.6) is 5.75 Å². The first-order chi connectivity index (χ1) is 9.76. The Morgan fingerprint density at radius 1 is 1.15 bits per heavy atom. The Kier molecular flexibility index (Phi) is 3.98. The zero-order valence-corrected chi connectivity index (χ0v) is 13.4. The number of benzene rings is 1. The van der Waals surface area contributed by atoms with Crippen molar-refractivity contribution in [3.63, 3.8) is 0 Å². The highest BCUT2D eigenvalue weighted by Crippen LogP contribution is 2.24. The minimum Gasteiger partial charge on any atom is -0.484 e. The van der Waals surface area contributed by atoms with Gasteiger partial charge < -0.3 is 4.74 Å². The minimum atomic E-state index is 0.476. The van der Waals surface area contributed by atoms with Crippen LogP contribution in [0.25, 0.3) is 10.2 Å². The summed E-state index contributed by atoms with van der Waals surface area (Å²) in [7, 11) is 0. The van der Waals surface area contributed by atoms with E-state index in [1.807, 2.05) is 37.3 Å². The van der Waals surface area contributed by atoms with E-state index in [1.165, 1.54) is 4.70 Å². The van der Waals surface area contributed by atoms with Gasteiger partial charge in [0.2, 0.25) is 0 Å². The zero-order valence-electron chi connectivity index (χ0n) is 11.0. The maximum atomic E-state index is 5.85. The highest BCUT2D eigenvalue weighted by molar-refractivity contribution is 9.08. The Hall–Kier alpha value is -1.46. The van der Waals surface area contributed by atoms with E-state index in [-0.39, 0.29) is 0 Å². The number of thiazole rings is 1. The van der Waals surface area contributed by atoms with Gasteiger partial charge in [-0.25, -0.2) is 4.98 Å². The lowest BCUT2D eigenvalue weighted by Gasteiger charge is -2.08. The fourth-order valence-electron chi connectivity index (χ4n) is 1.95. The monoisotopic (exact) mass is 348 g/mol. The number of alkyl halides is 1. The first-order valence-corrected chi connectivity index (χ1v) is 8.20. The van der Waals surface area contributed by atoms with Crippen LogP contribution in [-0.4, -0.2) is 9.97 Å². The lowest BCUT2D eigenvalue weighted by atomic mass is 10.3. The van der Waals surface area contributed by atoms with Gasteiger partial charge in [-0.1, -0.05) is 28.1 Å². The van der Waals surface area contributed by atoms with E-state index < -0.39 is 0 Å². The van der Waals surface area contributed by atoms with Gasteiger partial charge in [0.1, 0.15) is 17.4 Å². The number of nitrogens with zero attached hydrogens (tertiary/aromatic N) is 2. The third kappa shape index (κ3) is 2.83. The summed E-state index contributed by atoms with van der Waals surface area (Å²) in [5, 5.41) is 1.66. The fourth-order valence-corrected chi connectivity index (χ4v) is 3.23. The SMILES string of the molecule is Cc1ccc(OCc2nc3ccccc3s2)c(CBr)n1. The molecule has 0 unspecified atom stereocenters. The fraction of sp³-hybridized carbons (Fsp3) is 0.200. The molecule has 3 aromatic rings. The van der Waals surface area contributed by atoms with E-state index >= 15 is 0 Å². The Labute approximate surface area is 129 Å². The second-order valence-corrected chi connectivity index (χ2v) is 6.07. The number of ether oxygens (including phenoxy) is 1. The van der Waals surface area contributed by atoms with Crippen molar-refractivity contribution in [1.82, 2.24) is 9.97 Å². The van der Waals surface area contributed by atoms with Gasteiger partial charge in [-0.3, -0.25) is 4.98 Å². The smallest absolute Gasteiger partial charge is 0.142 e. The molecule has 0 bridgehead atoms. The third-order valence-electron chi connectivity index (χ3n) is 2.89. The van der Waals surface area contributed by atoms with E-state index in [9.17, 15) is 0 Å². The summed E-state index contributed by atoms with van der Waals surface area (Å²) in [6, 6.07) is 12.0. The Bertz CT molecular complexity index is 709. The summed E-state index contributed by atoms with van der Waals surface area (Å²) in [6.07, 6.45) is 0. The van der Waals surface area contributed by atoms with E-state index in [0.717, 1.165) is 27.7 Å². The normalized spacial score (nSPS) is 10.9. The third-order valence-corrected chi connectivity index (χ3v) is 4.43. The number of fused-ring (bicyclic) bond motifs is 1. The van der Waals surface area contributed by atoms with Gasteiger partial charge in [-0.05, 0) is 31.2 Å². The summed E-state index contributed by atoms with van der Waals surface area (Å²) < 4.78 is 7.04. The van der Waals surface area contributed by atoms with Crippen molar-refractivity contribution in [2.45, 2.75) is 18.9 Å². The molecule has 0 N–H and O–H groups in total. The number of halogens is 1. The number of rotatable bonds is 4. The summed E-state index contributed by atoms with van der Waals surface area (Å²) in [4.78, 5) is 9.02. The van der Waals surface area contributed by atoms with Crippen LogP contribution in [0, 0.1) is 6.92 Å². The topological polar surface area (TPSA) is 35.0 Å². The maximum absolute atomic E-state index is 5.85. The summed E-state index contributed by atoms with van der Waals surface area (Å²) in [5.41, 5.74) is 2.94. The van der Waals surface area contributed by atoms with Gasteiger partial charge in [0.05, 0.1) is 15.9 Å². The van der Waals surface area contributed by atoms with Crippen molar-refractivity contribution in [2.24, 2.45) is 0 Å². The lowest BCUT2D eigenvalue weighted by molar-refractivity contribution is 0.302. The molecule has 2 aromatic heterocycles. The van der Waals surface area contributed by atoms with Crippen LogP contribution in [0.15, 0.2) is 36.4 Å². The molecule has 1 aromatic carbocycles. The van der Waals surface area contributed by atoms with Crippen LogP contribution in [0.3, 0.4) is 0 Å². The average molecular weight is 349 g/mol. The van der Waals surface area contributed by atoms with Crippen LogP contribution in [-0.2, 0) is 11.9 Å². The molecule has 0 amide bonds. The van der Waals surface area contributed by atoms with E-state index in [0.29, 0.717) is 11.9 Å². The first kappa shape index (κ1) is 13.5. The Morgan fingerprint density at radius 3 is 2.80 bits per heavy atom. The predicted octanol–water partition coefficient (Wildman–Crippen LogP) is 4.47. The molecule has 0 aliphatic rings. The number of pyridine rings is 1. The zero-order chi connectivity index (χ0) is 13.9. The minimum absolute atomic E-state index is 0.476. The molecular formula is C15H13BrN2OS. The van der Waals surface area contributed by atoms with Gasteiger partial charge >= 0.3 is 0 Å². The van der Waals surface area contributed by atoms with E-state index in [4.69, 9.17) is 4.74 Å². The molecule has 0 fully saturated rings. The van der Waals surface area contributed by atoms with Gasteiger partial charge in [0.15, 0.2) is 0 Å². The molecule has 3 nitrogen and oxygen atoms in total. The first-order valence-electron chi connectivity index (χ1n) is 6.26. The molecule has 0 aliphatic heterocycles. The molecule has 2 heterocycles. The van der Waals surface area contributed by atoms with Crippen molar-refractivity contribution in [3.8, 4) is 5.75 Å². The quantitative estimate of drug-likeness (QED) is 0.652. The predicted molar refractivity (Wildman–Crippen MR) is 85.6 cm³/mol. The Morgan fingerprint density at radius 2 is 2.00 bits per heavy atom. The standard InChI is InChI=1S/C15H13BrN2OS/c1-10-6-7-13(12(8-16)17-10)19-9-15-18-11-4-2-3-5-14(11)20-15/h2-7H,8-9H2,1H3.